The van der Waals surface area contributed by atoms with Gasteiger partial charge in [0.05, 0.1) is 6.54 Å². The summed E-state index contributed by atoms with van der Waals surface area (Å²) in [6.07, 6.45) is 8.61. The zero-order chi connectivity index (χ0) is 22.1. The van der Waals surface area contributed by atoms with Crippen molar-refractivity contribution in [2.24, 2.45) is 10.9 Å². The van der Waals surface area contributed by atoms with Crippen molar-refractivity contribution in [3.63, 3.8) is 0 Å². The van der Waals surface area contributed by atoms with Crippen LogP contribution in [0.15, 0.2) is 4.99 Å². The molecule has 7 nitrogen and oxygen atoms in total. The first-order valence-corrected chi connectivity index (χ1v) is 12.8. The van der Waals surface area contributed by atoms with Crippen molar-refractivity contribution in [2.75, 3.05) is 52.5 Å². The number of aliphatic imine (C=N–C) groups is 1. The number of hydrogen-bond acceptors (Lipinski definition) is 4. The second-order valence-corrected chi connectivity index (χ2v) is 9.48. The zero-order valence-electron chi connectivity index (χ0n) is 20.1. The van der Waals surface area contributed by atoms with E-state index in [9.17, 15) is 4.79 Å². The lowest BCUT2D eigenvalue weighted by atomic mass is 9.88. The molecule has 0 aromatic heterocycles. The average Bonchev–Trinajstić information content (AvgIpc) is 3.35. The summed E-state index contributed by atoms with van der Waals surface area (Å²) in [5.74, 6) is 1.46. The molecule has 0 unspecified atom stereocenters. The number of nitrogens with zero attached hydrogens (tertiary/aromatic N) is 3. The topological polar surface area (TPSA) is 69.2 Å². The fraction of sp³-hybridized carbons (Fsp3) is 0.917. The molecule has 0 radical (unpaired) electrons. The standard InChI is InChI=1S/C24H45N5O2/c1-4-20(5-2)22(30)28-15-9-21(10-16-28)27-23(25-6-3)26-19-24(11-17-31-18-12-24)29-13-7-8-14-29/h20-21H,4-19H2,1-3H3,(H2,25,26,27). The van der Waals surface area contributed by atoms with Gasteiger partial charge in [-0.25, -0.2) is 0 Å². The third-order valence-corrected chi connectivity index (χ3v) is 7.56. The van der Waals surface area contributed by atoms with Gasteiger partial charge in [-0.3, -0.25) is 14.7 Å². The number of likely N-dealkylation sites (tertiary alicyclic amines) is 2. The van der Waals surface area contributed by atoms with Crippen LogP contribution in [0.5, 0.6) is 0 Å². The summed E-state index contributed by atoms with van der Waals surface area (Å²) in [7, 11) is 0. The van der Waals surface area contributed by atoms with E-state index >= 15 is 0 Å². The minimum atomic E-state index is 0.155. The number of amides is 1. The van der Waals surface area contributed by atoms with Crippen LogP contribution in [-0.4, -0.2) is 85.7 Å². The van der Waals surface area contributed by atoms with Gasteiger partial charge in [0, 0.05) is 50.3 Å². The number of piperidine rings is 1. The Hall–Kier alpha value is -1.34. The molecular formula is C24H45N5O2. The van der Waals surface area contributed by atoms with E-state index in [1.165, 1.54) is 25.9 Å². The Labute approximate surface area is 189 Å². The van der Waals surface area contributed by atoms with Crippen molar-refractivity contribution in [3.8, 4) is 0 Å². The van der Waals surface area contributed by atoms with E-state index in [-0.39, 0.29) is 11.5 Å². The van der Waals surface area contributed by atoms with Crippen LogP contribution in [0.4, 0.5) is 0 Å². The molecule has 0 saturated carbocycles. The van der Waals surface area contributed by atoms with E-state index in [0.717, 1.165) is 83.9 Å². The molecule has 31 heavy (non-hydrogen) atoms. The summed E-state index contributed by atoms with van der Waals surface area (Å²) in [4.78, 5) is 22.5. The highest BCUT2D eigenvalue weighted by Gasteiger charge is 2.39. The normalized spacial score (nSPS) is 23.4. The zero-order valence-corrected chi connectivity index (χ0v) is 20.1. The van der Waals surface area contributed by atoms with E-state index in [4.69, 9.17) is 9.73 Å². The van der Waals surface area contributed by atoms with Crippen LogP contribution in [-0.2, 0) is 9.53 Å². The van der Waals surface area contributed by atoms with E-state index in [0.29, 0.717) is 11.9 Å². The SMILES string of the molecule is CCNC(=NCC1(N2CCCC2)CCOCC1)NC1CCN(C(=O)C(CC)CC)CC1. The summed E-state index contributed by atoms with van der Waals surface area (Å²) in [6.45, 7) is 13.8. The van der Waals surface area contributed by atoms with Crippen LogP contribution in [0, 0.1) is 5.92 Å². The van der Waals surface area contributed by atoms with Gasteiger partial charge in [0.1, 0.15) is 0 Å². The monoisotopic (exact) mass is 435 g/mol. The molecule has 0 spiro atoms. The largest absolute Gasteiger partial charge is 0.381 e. The highest BCUT2D eigenvalue weighted by Crippen LogP contribution is 2.31. The highest BCUT2D eigenvalue weighted by molar-refractivity contribution is 5.80. The van der Waals surface area contributed by atoms with Crippen molar-refractivity contribution in [3.05, 3.63) is 0 Å². The van der Waals surface area contributed by atoms with E-state index in [1.54, 1.807) is 0 Å². The third kappa shape index (κ3) is 6.35. The molecule has 178 valence electrons. The van der Waals surface area contributed by atoms with E-state index in [1.807, 2.05) is 0 Å². The predicted octanol–water partition coefficient (Wildman–Crippen LogP) is 2.61. The smallest absolute Gasteiger partial charge is 0.225 e. The second-order valence-electron chi connectivity index (χ2n) is 9.48. The Bertz CT molecular complexity index is 573. The molecule has 7 heteroatoms. The number of nitrogens with one attached hydrogen (secondary N) is 2. The Morgan fingerprint density at radius 2 is 1.71 bits per heavy atom. The van der Waals surface area contributed by atoms with Crippen LogP contribution >= 0.6 is 0 Å². The van der Waals surface area contributed by atoms with Crippen LogP contribution in [0.2, 0.25) is 0 Å². The predicted molar refractivity (Wildman–Crippen MR) is 126 cm³/mol. The highest BCUT2D eigenvalue weighted by atomic mass is 16.5. The number of rotatable bonds is 8. The summed E-state index contributed by atoms with van der Waals surface area (Å²) < 4.78 is 5.68. The van der Waals surface area contributed by atoms with E-state index in [2.05, 4.69) is 41.2 Å². The van der Waals surface area contributed by atoms with Gasteiger partial charge in [-0.15, -0.1) is 0 Å². The van der Waals surface area contributed by atoms with Gasteiger partial charge in [-0.1, -0.05) is 13.8 Å². The Morgan fingerprint density at radius 1 is 1.06 bits per heavy atom. The molecule has 3 aliphatic heterocycles. The van der Waals surface area contributed by atoms with Crippen LogP contribution < -0.4 is 10.6 Å². The second kappa shape index (κ2) is 12.0. The van der Waals surface area contributed by atoms with Gasteiger partial charge in [-0.05, 0) is 71.4 Å². The minimum absolute atomic E-state index is 0.155. The molecule has 0 aromatic carbocycles. The van der Waals surface area contributed by atoms with Gasteiger partial charge in [0.25, 0.3) is 0 Å². The molecule has 3 rings (SSSR count). The number of carbonyl (C=O) groups is 1. The van der Waals surface area contributed by atoms with E-state index < -0.39 is 0 Å². The fourth-order valence-electron chi connectivity index (χ4n) is 5.40. The average molecular weight is 436 g/mol. The summed E-state index contributed by atoms with van der Waals surface area (Å²) in [6, 6.07) is 0.376. The lowest BCUT2D eigenvalue weighted by molar-refractivity contribution is -0.136. The molecule has 3 fully saturated rings. The van der Waals surface area contributed by atoms with Gasteiger partial charge in [0.15, 0.2) is 5.96 Å². The van der Waals surface area contributed by atoms with Crippen LogP contribution in [0.25, 0.3) is 0 Å². The first-order chi connectivity index (χ1) is 15.1. The van der Waals surface area contributed by atoms with Crippen molar-refractivity contribution in [1.82, 2.24) is 20.4 Å². The van der Waals surface area contributed by atoms with Crippen molar-refractivity contribution in [2.45, 2.75) is 83.7 Å². The van der Waals surface area contributed by atoms with Gasteiger partial charge in [-0.2, -0.15) is 0 Å². The minimum Gasteiger partial charge on any atom is -0.381 e. The van der Waals surface area contributed by atoms with Gasteiger partial charge in [0.2, 0.25) is 5.91 Å². The fourth-order valence-corrected chi connectivity index (χ4v) is 5.40. The number of carbonyl (C=O) groups excluding carboxylic acids is 1. The summed E-state index contributed by atoms with van der Waals surface area (Å²) >= 11 is 0. The van der Waals surface area contributed by atoms with Crippen molar-refractivity contribution in [1.29, 1.82) is 0 Å². The molecule has 1 amide bonds. The first-order valence-electron chi connectivity index (χ1n) is 12.8. The number of hydrogen-bond donors (Lipinski definition) is 2. The van der Waals surface area contributed by atoms with Crippen molar-refractivity contribution >= 4 is 11.9 Å². The Morgan fingerprint density at radius 3 is 2.29 bits per heavy atom. The molecular weight excluding hydrogens is 390 g/mol. The molecule has 0 atom stereocenters. The molecule has 3 aliphatic rings. The number of ether oxygens (including phenoxy) is 1. The third-order valence-electron chi connectivity index (χ3n) is 7.56. The maximum Gasteiger partial charge on any atom is 0.225 e. The molecule has 3 saturated heterocycles. The molecule has 0 aromatic rings. The Balaban J connectivity index is 1.57. The van der Waals surface area contributed by atoms with Gasteiger partial charge >= 0.3 is 0 Å². The molecule has 0 aliphatic carbocycles. The van der Waals surface area contributed by atoms with Gasteiger partial charge < -0.3 is 20.3 Å². The molecule has 0 bridgehead atoms. The first kappa shape index (κ1) is 24.3. The van der Waals surface area contributed by atoms with Crippen LogP contribution in [0.3, 0.4) is 0 Å². The number of guanidine groups is 1. The maximum absolute atomic E-state index is 12.7. The maximum atomic E-state index is 12.7. The Kier molecular flexibility index (Phi) is 9.45. The quantitative estimate of drug-likeness (QED) is 0.453. The lowest BCUT2D eigenvalue weighted by Crippen LogP contribution is -2.54. The molecule has 3 heterocycles. The summed E-state index contributed by atoms with van der Waals surface area (Å²) in [5, 5.41) is 7.13. The lowest BCUT2D eigenvalue weighted by Gasteiger charge is -2.43. The summed E-state index contributed by atoms with van der Waals surface area (Å²) in [5.41, 5.74) is 0.155. The van der Waals surface area contributed by atoms with Crippen molar-refractivity contribution < 1.29 is 9.53 Å². The van der Waals surface area contributed by atoms with Crippen LogP contribution in [0.1, 0.15) is 72.1 Å². The molecule has 2 N–H and O–H groups in total.